The molecule has 0 amide bonds. The van der Waals surface area contributed by atoms with Crippen LogP contribution in [0.5, 0.6) is 0 Å². The SMILES string of the molecule is Cc1ccccc1Cn1nc(C)c(NC(=S)Nc2cc(C)n(Cc3ccc(Cl)cc3)n2)c1C. The van der Waals surface area contributed by atoms with Crippen molar-refractivity contribution in [1.29, 1.82) is 0 Å². The summed E-state index contributed by atoms with van der Waals surface area (Å²) in [6.45, 7) is 9.55. The van der Waals surface area contributed by atoms with Gasteiger partial charge in [0.05, 0.1) is 30.2 Å². The van der Waals surface area contributed by atoms with E-state index in [2.05, 4.69) is 46.9 Å². The van der Waals surface area contributed by atoms with Crippen LogP contribution in [0.2, 0.25) is 5.02 Å². The van der Waals surface area contributed by atoms with Crippen molar-refractivity contribution in [3.8, 4) is 0 Å². The molecule has 2 aromatic heterocycles. The van der Waals surface area contributed by atoms with E-state index in [9.17, 15) is 0 Å². The summed E-state index contributed by atoms with van der Waals surface area (Å²) in [6.07, 6.45) is 0. The van der Waals surface area contributed by atoms with E-state index in [-0.39, 0.29) is 0 Å². The third-order valence-corrected chi connectivity index (χ3v) is 6.13. The predicted octanol–water partition coefficient (Wildman–Crippen LogP) is 5.87. The van der Waals surface area contributed by atoms with Crippen LogP contribution in [0, 0.1) is 27.7 Å². The van der Waals surface area contributed by atoms with Crippen LogP contribution in [0.25, 0.3) is 0 Å². The molecule has 4 aromatic rings. The molecule has 0 aliphatic heterocycles. The van der Waals surface area contributed by atoms with E-state index in [0.29, 0.717) is 17.5 Å². The Morgan fingerprint density at radius 1 is 0.909 bits per heavy atom. The van der Waals surface area contributed by atoms with Crippen molar-refractivity contribution < 1.29 is 0 Å². The van der Waals surface area contributed by atoms with Crippen LogP contribution in [-0.2, 0) is 13.1 Å². The van der Waals surface area contributed by atoms with Crippen LogP contribution < -0.4 is 10.6 Å². The summed E-state index contributed by atoms with van der Waals surface area (Å²) < 4.78 is 3.94. The second-order valence-electron chi connectivity index (χ2n) is 8.16. The van der Waals surface area contributed by atoms with Gasteiger partial charge in [-0.05, 0) is 68.7 Å². The molecule has 0 bridgehead atoms. The Bertz CT molecular complexity index is 1290. The average Bonchev–Trinajstić information content (AvgIpc) is 3.24. The Labute approximate surface area is 204 Å². The van der Waals surface area contributed by atoms with Crippen LogP contribution >= 0.6 is 23.8 Å². The zero-order valence-corrected chi connectivity index (χ0v) is 20.8. The topological polar surface area (TPSA) is 59.7 Å². The average molecular weight is 479 g/mol. The van der Waals surface area contributed by atoms with E-state index in [4.69, 9.17) is 28.9 Å². The molecule has 0 atom stereocenters. The molecule has 8 heteroatoms. The van der Waals surface area contributed by atoms with Crippen LogP contribution in [0.3, 0.4) is 0 Å². The van der Waals surface area contributed by atoms with Gasteiger partial charge >= 0.3 is 0 Å². The molecule has 33 heavy (non-hydrogen) atoms. The van der Waals surface area contributed by atoms with Gasteiger partial charge in [-0.1, -0.05) is 48.0 Å². The van der Waals surface area contributed by atoms with E-state index >= 15 is 0 Å². The minimum absolute atomic E-state index is 0.479. The number of nitrogens with one attached hydrogen (secondary N) is 2. The minimum atomic E-state index is 0.479. The van der Waals surface area contributed by atoms with Crippen molar-refractivity contribution in [3.05, 3.63) is 93.4 Å². The molecule has 6 nitrogen and oxygen atoms in total. The van der Waals surface area contributed by atoms with Gasteiger partial charge in [0.15, 0.2) is 10.9 Å². The second kappa shape index (κ2) is 9.77. The number of halogens is 1. The lowest BCUT2D eigenvalue weighted by molar-refractivity contribution is 0.657. The smallest absolute Gasteiger partial charge is 0.176 e. The first kappa shape index (κ1) is 23.0. The van der Waals surface area contributed by atoms with Gasteiger partial charge in [-0.15, -0.1) is 0 Å². The molecule has 0 fully saturated rings. The molecular weight excluding hydrogens is 452 g/mol. The zero-order valence-electron chi connectivity index (χ0n) is 19.2. The normalized spacial score (nSPS) is 10.9. The molecule has 0 spiro atoms. The molecule has 0 unspecified atom stereocenters. The first-order chi connectivity index (χ1) is 15.8. The summed E-state index contributed by atoms with van der Waals surface area (Å²) in [4.78, 5) is 0. The molecule has 0 saturated heterocycles. The standard InChI is InChI=1S/C25H27ClN6S/c1-16-7-5-6-8-21(16)15-32-19(4)24(18(3)29-32)28-25(33)27-23-13-17(2)31(30-23)14-20-9-11-22(26)12-10-20/h5-13H,14-15H2,1-4H3,(H2,27,28,30,33). The molecule has 0 saturated carbocycles. The number of nitrogens with zero attached hydrogens (tertiary/aromatic N) is 4. The summed E-state index contributed by atoms with van der Waals surface area (Å²) in [5.74, 6) is 0.696. The third kappa shape index (κ3) is 5.43. The maximum atomic E-state index is 5.99. The Hall–Kier alpha value is -3.16. The van der Waals surface area contributed by atoms with Gasteiger partial charge in [0.25, 0.3) is 0 Å². The molecule has 2 heterocycles. The van der Waals surface area contributed by atoms with Crippen LogP contribution in [-0.4, -0.2) is 24.7 Å². The van der Waals surface area contributed by atoms with Crippen molar-refractivity contribution in [2.45, 2.75) is 40.8 Å². The van der Waals surface area contributed by atoms with Crippen LogP contribution in [0.1, 0.15) is 33.8 Å². The van der Waals surface area contributed by atoms with Crippen LogP contribution in [0.4, 0.5) is 11.5 Å². The van der Waals surface area contributed by atoms with E-state index in [1.807, 2.05) is 60.5 Å². The molecule has 170 valence electrons. The van der Waals surface area contributed by atoms with Crippen molar-refractivity contribution in [3.63, 3.8) is 0 Å². The lowest BCUT2D eigenvalue weighted by Crippen LogP contribution is -2.20. The quantitative estimate of drug-likeness (QED) is 0.339. The summed E-state index contributed by atoms with van der Waals surface area (Å²) in [5, 5.41) is 17.1. The Morgan fingerprint density at radius 3 is 2.36 bits per heavy atom. The van der Waals surface area contributed by atoms with Crippen molar-refractivity contribution in [2.24, 2.45) is 0 Å². The highest BCUT2D eigenvalue weighted by atomic mass is 35.5. The number of benzene rings is 2. The predicted molar refractivity (Wildman–Crippen MR) is 139 cm³/mol. The maximum absolute atomic E-state index is 5.99. The molecule has 0 radical (unpaired) electrons. The fourth-order valence-electron chi connectivity index (χ4n) is 3.74. The number of aromatic nitrogens is 4. The number of aryl methyl sites for hydroxylation is 3. The summed E-state index contributed by atoms with van der Waals surface area (Å²) in [6, 6.07) is 18.1. The monoisotopic (exact) mass is 478 g/mol. The van der Waals surface area contributed by atoms with Gasteiger partial charge < -0.3 is 10.6 Å². The van der Waals surface area contributed by atoms with Crippen LogP contribution in [0.15, 0.2) is 54.6 Å². The van der Waals surface area contributed by atoms with Crippen molar-refractivity contribution in [1.82, 2.24) is 19.6 Å². The number of rotatable bonds is 6. The molecule has 0 aliphatic carbocycles. The van der Waals surface area contributed by atoms with Crippen molar-refractivity contribution >= 4 is 40.4 Å². The lowest BCUT2D eigenvalue weighted by atomic mass is 10.1. The third-order valence-electron chi connectivity index (χ3n) is 5.67. The minimum Gasteiger partial charge on any atom is -0.329 e. The number of thiocarbonyl (C=S) groups is 1. The summed E-state index contributed by atoms with van der Waals surface area (Å²) >= 11 is 11.6. The second-order valence-corrected chi connectivity index (χ2v) is 9.01. The van der Waals surface area contributed by atoms with Gasteiger partial charge in [-0.2, -0.15) is 10.2 Å². The van der Waals surface area contributed by atoms with E-state index < -0.39 is 0 Å². The Kier molecular flexibility index (Phi) is 6.81. The Balaban J connectivity index is 1.43. The molecule has 0 aliphatic rings. The summed E-state index contributed by atoms with van der Waals surface area (Å²) in [7, 11) is 0. The number of anilines is 2. The fraction of sp³-hybridized carbons (Fsp3) is 0.240. The molecule has 2 N–H and O–H groups in total. The highest BCUT2D eigenvalue weighted by Gasteiger charge is 2.14. The highest BCUT2D eigenvalue weighted by molar-refractivity contribution is 7.80. The van der Waals surface area contributed by atoms with E-state index in [0.717, 1.165) is 39.9 Å². The number of hydrogen-bond acceptors (Lipinski definition) is 3. The summed E-state index contributed by atoms with van der Waals surface area (Å²) in [5.41, 5.74) is 7.51. The first-order valence-corrected chi connectivity index (χ1v) is 11.5. The molecule has 2 aromatic carbocycles. The van der Waals surface area contributed by atoms with Gasteiger partial charge in [0.1, 0.15) is 0 Å². The lowest BCUT2D eigenvalue weighted by Gasteiger charge is -2.10. The molecule has 4 rings (SSSR count). The highest BCUT2D eigenvalue weighted by Crippen LogP contribution is 2.22. The number of hydrogen-bond donors (Lipinski definition) is 2. The van der Waals surface area contributed by atoms with E-state index in [1.165, 1.54) is 11.1 Å². The molecular formula is C25H27ClN6S. The largest absolute Gasteiger partial charge is 0.329 e. The fourth-order valence-corrected chi connectivity index (χ4v) is 4.07. The van der Waals surface area contributed by atoms with Gasteiger partial charge in [0.2, 0.25) is 0 Å². The van der Waals surface area contributed by atoms with E-state index in [1.54, 1.807) is 0 Å². The van der Waals surface area contributed by atoms with Gasteiger partial charge in [-0.3, -0.25) is 9.36 Å². The maximum Gasteiger partial charge on any atom is 0.176 e. The Morgan fingerprint density at radius 2 is 1.64 bits per heavy atom. The van der Waals surface area contributed by atoms with Gasteiger partial charge in [0, 0.05) is 16.8 Å². The van der Waals surface area contributed by atoms with Gasteiger partial charge in [-0.25, -0.2) is 0 Å². The zero-order chi connectivity index (χ0) is 23.5. The first-order valence-electron chi connectivity index (χ1n) is 10.8. The van der Waals surface area contributed by atoms with Crippen molar-refractivity contribution in [2.75, 3.05) is 10.6 Å².